The number of piperidine rings is 1. The average molecular weight is 351 g/mol. The smallest absolute Gasteiger partial charge is 0.274 e. The Hall–Kier alpha value is -2.69. The van der Waals surface area contributed by atoms with E-state index in [1.807, 2.05) is 36.1 Å². The molecule has 2 amide bonds. The zero-order chi connectivity index (χ0) is 18.5. The number of nitrogens with zero attached hydrogens (tertiary/aromatic N) is 2. The van der Waals surface area contributed by atoms with Crippen molar-refractivity contribution < 1.29 is 9.59 Å². The number of pyridine rings is 1. The van der Waals surface area contributed by atoms with E-state index in [0.717, 1.165) is 43.5 Å². The monoisotopic (exact) mass is 351 g/mol. The summed E-state index contributed by atoms with van der Waals surface area (Å²) >= 11 is 0. The lowest BCUT2D eigenvalue weighted by atomic mass is 9.99. The highest BCUT2D eigenvalue weighted by molar-refractivity contribution is 6.04. The SMILES string of the molecule is CCC1CCCCN1C(=O)c1cccc(C(=O)Nc2ccccc2C)n1. The van der Waals surface area contributed by atoms with Gasteiger partial charge in [-0.2, -0.15) is 0 Å². The number of rotatable bonds is 4. The number of likely N-dealkylation sites (tertiary alicyclic amines) is 1. The molecule has 1 atom stereocenters. The van der Waals surface area contributed by atoms with Gasteiger partial charge in [-0.3, -0.25) is 9.59 Å². The van der Waals surface area contributed by atoms with E-state index in [4.69, 9.17) is 0 Å². The molecule has 1 aromatic heterocycles. The summed E-state index contributed by atoms with van der Waals surface area (Å²) < 4.78 is 0. The molecule has 1 aliphatic heterocycles. The van der Waals surface area contributed by atoms with E-state index in [-0.39, 0.29) is 23.6 Å². The van der Waals surface area contributed by atoms with Gasteiger partial charge in [0.05, 0.1) is 0 Å². The van der Waals surface area contributed by atoms with Crippen molar-refractivity contribution in [3.63, 3.8) is 0 Å². The van der Waals surface area contributed by atoms with Crippen LogP contribution < -0.4 is 5.32 Å². The summed E-state index contributed by atoms with van der Waals surface area (Å²) in [6, 6.07) is 12.9. The molecule has 1 N–H and O–H groups in total. The van der Waals surface area contributed by atoms with E-state index in [1.54, 1.807) is 18.2 Å². The third kappa shape index (κ3) is 3.93. The number of aryl methyl sites for hydroxylation is 1. The van der Waals surface area contributed by atoms with Crippen LogP contribution in [0.25, 0.3) is 0 Å². The van der Waals surface area contributed by atoms with Gasteiger partial charge in [0.1, 0.15) is 11.4 Å². The Morgan fingerprint density at radius 3 is 2.65 bits per heavy atom. The first-order chi connectivity index (χ1) is 12.6. The summed E-state index contributed by atoms with van der Waals surface area (Å²) in [4.78, 5) is 31.7. The van der Waals surface area contributed by atoms with Crippen LogP contribution in [0, 0.1) is 6.92 Å². The molecule has 1 aromatic carbocycles. The van der Waals surface area contributed by atoms with Crippen LogP contribution in [0.3, 0.4) is 0 Å². The molecule has 0 spiro atoms. The van der Waals surface area contributed by atoms with Crippen molar-refractivity contribution in [2.45, 2.75) is 45.6 Å². The number of hydrogen-bond acceptors (Lipinski definition) is 3. The van der Waals surface area contributed by atoms with Crippen molar-refractivity contribution in [1.82, 2.24) is 9.88 Å². The second kappa shape index (κ2) is 8.13. The topological polar surface area (TPSA) is 62.3 Å². The fourth-order valence-electron chi connectivity index (χ4n) is 3.42. The van der Waals surface area contributed by atoms with E-state index in [1.165, 1.54) is 0 Å². The van der Waals surface area contributed by atoms with Crippen molar-refractivity contribution in [1.29, 1.82) is 0 Å². The quantitative estimate of drug-likeness (QED) is 0.904. The molecule has 0 bridgehead atoms. The molecule has 0 radical (unpaired) electrons. The Kier molecular flexibility index (Phi) is 5.66. The summed E-state index contributed by atoms with van der Waals surface area (Å²) in [7, 11) is 0. The lowest BCUT2D eigenvalue weighted by molar-refractivity contribution is 0.0602. The van der Waals surface area contributed by atoms with Gasteiger partial charge in [-0.25, -0.2) is 4.98 Å². The number of aromatic nitrogens is 1. The van der Waals surface area contributed by atoms with Crippen molar-refractivity contribution >= 4 is 17.5 Å². The van der Waals surface area contributed by atoms with Gasteiger partial charge in [-0.1, -0.05) is 31.2 Å². The summed E-state index contributed by atoms with van der Waals surface area (Å²) in [5.41, 5.74) is 2.32. The number of para-hydroxylation sites is 1. The second-order valence-corrected chi connectivity index (χ2v) is 6.73. The van der Waals surface area contributed by atoms with Crippen molar-refractivity contribution in [3.05, 3.63) is 59.4 Å². The Morgan fingerprint density at radius 2 is 1.88 bits per heavy atom. The highest BCUT2D eigenvalue weighted by Crippen LogP contribution is 2.21. The average Bonchev–Trinajstić information content (AvgIpc) is 2.69. The van der Waals surface area contributed by atoms with Gasteiger partial charge in [0.2, 0.25) is 0 Å². The molecule has 1 fully saturated rings. The van der Waals surface area contributed by atoms with E-state index < -0.39 is 0 Å². The van der Waals surface area contributed by atoms with E-state index >= 15 is 0 Å². The van der Waals surface area contributed by atoms with Gasteiger partial charge in [0.25, 0.3) is 11.8 Å². The second-order valence-electron chi connectivity index (χ2n) is 6.73. The van der Waals surface area contributed by atoms with Crippen LogP contribution in [0.4, 0.5) is 5.69 Å². The molecule has 1 unspecified atom stereocenters. The maximum absolute atomic E-state index is 12.9. The fourth-order valence-corrected chi connectivity index (χ4v) is 3.42. The van der Waals surface area contributed by atoms with Gasteiger partial charge in [-0.15, -0.1) is 0 Å². The number of anilines is 1. The van der Waals surface area contributed by atoms with Crippen LogP contribution in [0.2, 0.25) is 0 Å². The van der Waals surface area contributed by atoms with Gasteiger partial charge in [0, 0.05) is 18.3 Å². The van der Waals surface area contributed by atoms with E-state index in [0.29, 0.717) is 5.69 Å². The number of nitrogens with one attached hydrogen (secondary N) is 1. The lowest BCUT2D eigenvalue weighted by Gasteiger charge is -2.35. The van der Waals surface area contributed by atoms with Crippen LogP contribution in [0.15, 0.2) is 42.5 Å². The summed E-state index contributed by atoms with van der Waals surface area (Å²) in [6.45, 7) is 4.80. The van der Waals surface area contributed by atoms with Crippen LogP contribution in [0.5, 0.6) is 0 Å². The number of carbonyl (C=O) groups is 2. The summed E-state index contributed by atoms with van der Waals surface area (Å²) in [6.07, 6.45) is 4.17. The first kappa shape index (κ1) is 18.1. The van der Waals surface area contributed by atoms with Gasteiger partial charge >= 0.3 is 0 Å². The Morgan fingerprint density at radius 1 is 1.12 bits per heavy atom. The Labute approximate surface area is 154 Å². The molecule has 5 heteroatoms. The first-order valence-corrected chi connectivity index (χ1v) is 9.25. The van der Waals surface area contributed by atoms with Gasteiger partial charge in [0.15, 0.2) is 0 Å². The maximum atomic E-state index is 12.9. The first-order valence-electron chi connectivity index (χ1n) is 9.25. The minimum Gasteiger partial charge on any atom is -0.334 e. The third-order valence-electron chi connectivity index (χ3n) is 4.95. The van der Waals surface area contributed by atoms with Crippen LogP contribution >= 0.6 is 0 Å². The number of carbonyl (C=O) groups excluding carboxylic acids is 2. The number of benzene rings is 1. The molecule has 0 aliphatic carbocycles. The Bertz CT molecular complexity index is 803. The molecular formula is C21H25N3O2. The Balaban J connectivity index is 1.78. The normalized spacial score (nSPS) is 17.0. The standard InChI is InChI=1S/C21H25N3O2/c1-3-16-10-6-7-14-24(16)21(26)19-13-8-12-18(22-19)20(25)23-17-11-5-4-9-15(17)2/h4-5,8-9,11-13,16H,3,6-7,10,14H2,1-2H3,(H,23,25). The fraction of sp³-hybridized carbons (Fsp3) is 0.381. The summed E-state index contributed by atoms with van der Waals surface area (Å²) in [5, 5.41) is 2.87. The zero-order valence-corrected chi connectivity index (χ0v) is 15.4. The van der Waals surface area contributed by atoms with Crippen LogP contribution in [0.1, 0.15) is 59.1 Å². The minimum atomic E-state index is -0.306. The van der Waals surface area contributed by atoms with Gasteiger partial charge in [-0.05, 0) is 56.4 Å². The zero-order valence-electron chi connectivity index (χ0n) is 15.4. The van der Waals surface area contributed by atoms with Crippen LogP contribution in [-0.4, -0.2) is 34.3 Å². The molecule has 2 heterocycles. The molecule has 26 heavy (non-hydrogen) atoms. The predicted octanol–water partition coefficient (Wildman–Crippen LogP) is 4.05. The van der Waals surface area contributed by atoms with Crippen molar-refractivity contribution in [3.8, 4) is 0 Å². The number of amides is 2. The highest BCUT2D eigenvalue weighted by atomic mass is 16.2. The molecule has 3 rings (SSSR count). The highest BCUT2D eigenvalue weighted by Gasteiger charge is 2.27. The summed E-state index contributed by atoms with van der Waals surface area (Å²) in [5.74, 6) is -0.387. The predicted molar refractivity (Wildman–Crippen MR) is 102 cm³/mol. The minimum absolute atomic E-state index is 0.0814. The molecule has 5 nitrogen and oxygen atoms in total. The molecule has 136 valence electrons. The van der Waals surface area contributed by atoms with Gasteiger partial charge < -0.3 is 10.2 Å². The maximum Gasteiger partial charge on any atom is 0.274 e. The lowest BCUT2D eigenvalue weighted by Crippen LogP contribution is -2.43. The van der Waals surface area contributed by atoms with Crippen LogP contribution in [-0.2, 0) is 0 Å². The number of hydrogen-bond donors (Lipinski definition) is 1. The van der Waals surface area contributed by atoms with E-state index in [9.17, 15) is 9.59 Å². The third-order valence-corrected chi connectivity index (χ3v) is 4.95. The van der Waals surface area contributed by atoms with E-state index in [2.05, 4.69) is 17.2 Å². The molecular weight excluding hydrogens is 326 g/mol. The van der Waals surface area contributed by atoms with Crippen molar-refractivity contribution in [2.24, 2.45) is 0 Å². The molecule has 0 saturated carbocycles. The van der Waals surface area contributed by atoms with Crippen molar-refractivity contribution in [2.75, 3.05) is 11.9 Å². The molecule has 2 aromatic rings. The molecule has 1 aliphatic rings. The molecule has 1 saturated heterocycles. The largest absolute Gasteiger partial charge is 0.334 e.